The van der Waals surface area contributed by atoms with E-state index in [4.69, 9.17) is 0 Å². The number of piperidine rings is 2. The molecular formula is C22H27N3O2. The molecule has 5 nitrogen and oxygen atoms in total. The third-order valence-electron chi connectivity index (χ3n) is 6.24. The zero-order chi connectivity index (χ0) is 18.9. The summed E-state index contributed by atoms with van der Waals surface area (Å²) in [7, 11) is 0. The van der Waals surface area contributed by atoms with Crippen LogP contribution in [0.3, 0.4) is 0 Å². The van der Waals surface area contributed by atoms with E-state index in [0.29, 0.717) is 0 Å². The van der Waals surface area contributed by atoms with E-state index >= 15 is 0 Å². The van der Waals surface area contributed by atoms with Crippen molar-refractivity contribution in [2.24, 2.45) is 5.41 Å². The van der Waals surface area contributed by atoms with Crippen LogP contribution in [-0.4, -0.2) is 52.4 Å². The summed E-state index contributed by atoms with van der Waals surface area (Å²) in [6.45, 7) is 4.90. The van der Waals surface area contributed by atoms with Crippen LogP contribution < -0.4 is 0 Å². The van der Waals surface area contributed by atoms with Crippen LogP contribution in [-0.2, 0) is 4.79 Å². The lowest BCUT2D eigenvalue weighted by molar-refractivity contribution is -0.131. The van der Waals surface area contributed by atoms with Crippen molar-refractivity contribution in [1.82, 2.24) is 14.4 Å². The third-order valence-corrected chi connectivity index (χ3v) is 6.24. The minimum atomic E-state index is 0.118. The Morgan fingerprint density at radius 3 is 2.30 bits per heavy atom. The number of likely N-dealkylation sites (tertiary alicyclic amines) is 2. The van der Waals surface area contributed by atoms with Crippen LogP contribution >= 0.6 is 0 Å². The summed E-state index contributed by atoms with van der Waals surface area (Å²) in [6.07, 6.45) is 8.13. The first-order valence-corrected chi connectivity index (χ1v) is 9.85. The predicted octanol–water partition coefficient (Wildman–Crippen LogP) is 3.34. The minimum absolute atomic E-state index is 0.118. The van der Waals surface area contributed by atoms with Crippen molar-refractivity contribution in [1.29, 1.82) is 0 Å². The number of hydrogen-bond donors (Lipinski definition) is 0. The number of rotatable bonds is 2. The Kier molecular flexibility index (Phi) is 4.77. The Bertz CT molecular complexity index is 820. The summed E-state index contributed by atoms with van der Waals surface area (Å²) in [4.78, 5) is 29.0. The van der Waals surface area contributed by atoms with Crippen molar-refractivity contribution in [3.05, 3.63) is 54.4 Å². The van der Waals surface area contributed by atoms with Gasteiger partial charge >= 0.3 is 0 Å². The van der Waals surface area contributed by atoms with E-state index in [1.54, 1.807) is 6.92 Å². The Morgan fingerprint density at radius 2 is 1.59 bits per heavy atom. The number of carbonyl (C=O) groups is 2. The molecule has 142 valence electrons. The van der Waals surface area contributed by atoms with E-state index in [1.807, 2.05) is 63.2 Å². The van der Waals surface area contributed by atoms with Crippen LogP contribution in [0.5, 0.6) is 0 Å². The van der Waals surface area contributed by atoms with Crippen LogP contribution in [0.1, 0.15) is 43.0 Å². The second-order valence-electron chi connectivity index (χ2n) is 7.94. The highest BCUT2D eigenvalue weighted by Gasteiger charge is 2.40. The fourth-order valence-electron chi connectivity index (χ4n) is 4.63. The Hall–Kier alpha value is -2.56. The smallest absolute Gasteiger partial charge is 0.256 e. The molecule has 2 aliphatic heterocycles. The standard InChI is InChI=1S/C22H27N3O2/c1-18(26)23-15-10-22(11-16-23)9-6-14-25(17-22)21(27)19-7-2-3-8-20(19)24-12-4-5-13-24/h2-5,7-8,12-13H,6,9-11,14-17H2,1H3. The van der Waals surface area contributed by atoms with E-state index in [-0.39, 0.29) is 17.2 Å². The van der Waals surface area contributed by atoms with Gasteiger partial charge in [-0.25, -0.2) is 0 Å². The molecule has 0 bridgehead atoms. The molecule has 0 saturated carbocycles. The van der Waals surface area contributed by atoms with Crippen molar-refractivity contribution in [3.8, 4) is 5.69 Å². The van der Waals surface area contributed by atoms with Gasteiger partial charge in [-0.3, -0.25) is 9.59 Å². The van der Waals surface area contributed by atoms with Crippen LogP contribution in [0.25, 0.3) is 5.69 Å². The second-order valence-corrected chi connectivity index (χ2v) is 7.94. The first-order valence-electron chi connectivity index (χ1n) is 9.85. The summed E-state index contributed by atoms with van der Waals surface area (Å²) in [5, 5.41) is 0. The Labute approximate surface area is 160 Å². The normalized spacial score (nSPS) is 19.3. The fourth-order valence-corrected chi connectivity index (χ4v) is 4.63. The molecule has 5 heteroatoms. The van der Waals surface area contributed by atoms with Crippen LogP contribution in [0.15, 0.2) is 48.8 Å². The summed E-state index contributed by atoms with van der Waals surface area (Å²) in [6, 6.07) is 11.8. The Morgan fingerprint density at radius 1 is 0.889 bits per heavy atom. The second kappa shape index (κ2) is 7.22. The maximum absolute atomic E-state index is 13.4. The van der Waals surface area contributed by atoms with Gasteiger partial charge in [0.1, 0.15) is 0 Å². The highest BCUT2D eigenvalue weighted by Crippen LogP contribution is 2.40. The van der Waals surface area contributed by atoms with E-state index in [9.17, 15) is 9.59 Å². The molecule has 0 N–H and O–H groups in total. The molecule has 27 heavy (non-hydrogen) atoms. The summed E-state index contributed by atoms with van der Waals surface area (Å²) < 4.78 is 2.00. The average molecular weight is 365 g/mol. The van der Waals surface area contributed by atoms with Crippen LogP contribution in [0.4, 0.5) is 0 Å². The summed E-state index contributed by atoms with van der Waals surface area (Å²) >= 11 is 0. The SMILES string of the molecule is CC(=O)N1CCC2(CCCN(C(=O)c3ccccc3-n3cccc3)C2)CC1. The van der Waals surface area contributed by atoms with Crippen molar-refractivity contribution in [2.75, 3.05) is 26.2 Å². The molecule has 2 aliphatic rings. The van der Waals surface area contributed by atoms with Gasteiger partial charge in [0.15, 0.2) is 0 Å². The van der Waals surface area contributed by atoms with Gasteiger partial charge in [0, 0.05) is 45.5 Å². The van der Waals surface area contributed by atoms with E-state index < -0.39 is 0 Å². The number of amides is 2. The van der Waals surface area contributed by atoms with E-state index in [1.165, 1.54) is 0 Å². The third kappa shape index (κ3) is 3.51. The number of nitrogens with zero attached hydrogens (tertiary/aromatic N) is 3. The van der Waals surface area contributed by atoms with Crippen molar-refractivity contribution in [2.45, 2.75) is 32.6 Å². The zero-order valence-electron chi connectivity index (χ0n) is 15.9. The molecule has 1 aromatic heterocycles. The molecule has 2 aromatic rings. The quantitative estimate of drug-likeness (QED) is 0.819. The lowest BCUT2D eigenvalue weighted by Crippen LogP contribution is -2.51. The van der Waals surface area contributed by atoms with Crippen molar-refractivity contribution in [3.63, 3.8) is 0 Å². The maximum Gasteiger partial charge on any atom is 0.256 e. The average Bonchev–Trinajstić information content (AvgIpc) is 3.22. The molecule has 2 saturated heterocycles. The van der Waals surface area contributed by atoms with Crippen LogP contribution in [0.2, 0.25) is 0 Å². The zero-order valence-corrected chi connectivity index (χ0v) is 15.9. The van der Waals surface area contributed by atoms with Gasteiger partial charge in [-0.1, -0.05) is 12.1 Å². The molecule has 0 radical (unpaired) electrons. The predicted molar refractivity (Wildman–Crippen MR) is 105 cm³/mol. The first-order chi connectivity index (χ1) is 13.1. The Balaban J connectivity index is 1.53. The van der Waals surface area contributed by atoms with Gasteiger partial charge < -0.3 is 14.4 Å². The fraction of sp³-hybridized carbons (Fsp3) is 0.455. The van der Waals surface area contributed by atoms with Gasteiger partial charge in [-0.2, -0.15) is 0 Å². The summed E-state index contributed by atoms with van der Waals surface area (Å²) in [5.74, 6) is 0.279. The molecule has 0 aliphatic carbocycles. The molecule has 2 fully saturated rings. The van der Waals surface area contributed by atoms with Gasteiger partial charge in [0.05, 0.1) is 11.3 Å². The molecule has 1 spiro atoms. The highest BCUT2D eigenvalue weighted by molar-refractivity contribution is 5.98. The molecule has 0 unspecified atom stereocenters. The highest BCUT2D eigenvalue weighted by atomic mass is 16.2. The molecule has 3 heterocycles. The number of carbonyl (C=O) groups excluding carboxylic acids is 2. The minimum Gasteiger partial charge on any atom is -0.343 e. The van der Waals surface area contributed by atoms with Gasteiger partial charge in [-0.15, -0.1) is 0 Å². The summed E-state index contributed by atoms with van der Waals surface area (Å²) in [5.41, 5.74) is 1.85. The van der Waals surface area contributed by atoms with E-state index in [2.05, 4.69) is 0 Å². The first kappa shape index (κ1) is 17.8. The lowest BCUT2D eigenvalue weighted by atomic mass is 9.72. The molecule has 4 rings (SSSR count). The van der Waals surface area contributed by atoms with Crippen LogP contribution in [0, 0.1) is 5.41 Å². The number of aromatic nitrogens is 1. The number of hydrogen-bond acceptors (Lipinski definition) is 2. The number of para-hydroxylation sites is 1. The monoisotopic (exact) mass is 365 g/mol. The van der Waals surface area contributed by atoms with Gasteiger partial charge in [0.25, 0.3) is 5.91 Å². The molecule has 1 aromatic carbocycles. The van der Waals surface area contributed by atoms with Crippen molar-refractivity contribution < 1.29 is 9.59 Å². The van der Waals surface area contributed by atoms with Gasteiger partial charge in [0.2, 0.25) is 5.91 Å². The number of benzene rings is 1. The lowest BCUT2D eigenvalue weighted by Gasteiger charge is -2.47. The van der Waals surface area contributed by atoms with Crippen molar-refractivity contribution >= 4 is 11.8 Å². The molecule has 2 amide bonds. The van der Waals surface area contributed by atoms with E-state index in [0.717, 1.165) is 63.1 Å². The molecular weight excluding hydrogens is 338 g/mol. The maximum atomic E-state index is 13.4. The molecule has 0 atom stereocenters. The topological polar surface area (TPSA) is 45.6 Å². The largest absolute Gasteiger partial charge is 0.343 e. The van der Waals surface area contributed by atoms with Gasteiger partial charge in [-0.05, 0) is 55.4 Å².